The van der Waals surface area contributed by atoms with Crippen LogP contribution in [-0.2, 0) is 9.59 Å². The van der Waals surface area contributed by atoms with Crippen LogP contribution in [0.3, 0.4) is 0 Å². The molecule has 4 nitrogen and oxygen atoms in total. The van der Waals surface area contributed by atoms with Crippen LogP contribution in [0.1, 0.15) is 33.1 Å². The highest BCUT2D eigenvalue weighted by atomic mass is 16.2. The standard InChI is InChI=1S/C11H18N2O2/c1-3-12-8(2)10(14)13-7-5-4-6-9(13)11(12)15/h8-9H,3-7H2,1-2H3. The SMILES string of the molecule is CCN1C(=O)C2CCCCN2C(=O)C1C. The summed E-state index contributed by atoms with van der Waals surface area (Å²) in [5.41, 5.74) is 0. The maximum atomic E-state index is 12.1. The van der Waals surface area contributed by atoms with Gasteiger partial charge in [0.05, 0.1) is 0 Å². The first-order valence-electron chi connectivity index (χ1n) is 5.77. The average molecular weight is 210 g/mol. The Labute approximate surface area is 90.2 Å². The first-order chi connectivity index (χ1) is 7.16. The van der Waals surface area contributed by atoms with E-state index < -0.39 is 0 Å². The van der Waals surface area contributed by atoms with E-state index in [0.717, 1.165) is 25.8 Å². The number of piperidine rings is 1. The fraction of sp³-hybridized carbons (Fsp3) is 0.818. The van der Waals surface area contributed by atoms with Crippen LogP contribution in [0, 0.1) is 0 Å². The summed E-state index contributed by atoms with van der Waals surface area (Å²) in [5, 5.41) is 0. The first kappa shape index (κ1) is 10.5. The highest BCUT2D eigenvalue weighted by Gasteiger charge is 2.43. The van der Waals surface area contributed by atoms with Crippen molar-refractivity contribution in [3.05, 3.63) is 0 Å². The topological polar surface area (TPSA) is 40.6 Å². The number of fused-ring (bicyclic) bond motifs is 1. The summed E-state index contributed by atoms with van der Waals surface area (Å²) in [6.07, 6.45) is 2.94. The van der Waals surface area contributed by atoms with Crippen LogP contribution in [0.25, 0.3) is 0 Å². The number of amides is 2. The van der Waals surface area contributed by atoms with Gasteiger partial charge >= 0.3 is 0 Å². The van der Waals surface area contributed by atoms with E-state index in [4.69, 9.17) is 0 Å². The van der Waals surface area contributed by atoms with Crippen molar-refractivity contribution < 1.29 is 9.59 Å². The maximum Gasteiger partial charge on any atom is 0.246 e. The average Bonchev–Trinajstić information content (AvgIpc) is 2.27. The van der Waals surface area contributed by atoms with Crippen molar-refractivity contribution in [3.8, 4) is 0 Å². The lowest BCUT2D eigenvalue weighted by Gasteiger charge is -2.45. The lowest BCUT2D eigenvalue weighted by atomic mass is 9.96. The van der Waals surface area contributed by atoms with E-state index in [1.165, 1.54) is 0 Å². The molecule has 2 aliphatic rings. The third-order valence-electron chi connectivity index (χ3n) is 3.52. The molecule has 0 radical (unpaired) electrons. The normalized spacial score (nSPS) is 31.9. The Morgan fingerprint density at radius 3 is 2.67 bits per heavy atom. The molecule has 2 unspecified atom stereocenters. The molecule has 4 heteroatoms. The van der Waals surface area contributed by atoms with Crippen molar-refractivity contribution >= 4 is 11.8 Å². The lowest BCUT2D eigenvalue weighted by Crippen LogP contribution is -2.64. The van der Waals surface area contributed by atoms with Crippen molar-refractivity contribution in [2.24, 2.45) is 0 Å². The molecule has 0 aromatic heterocycles. The number of rotatable bonds is 1. The summed E-state index contributed by atoms with van der Waals surface area (Å²) in [4.78, 5) is 27.6. The molecule has 2 heterocycles. The molecule has 0 aromatic rings. The van der Waals surface area contributed by atoms with Gasteiger partial charge in [0.1, 0.15) is 12.1 Å². The molecular formula is C11H18N2O2. The molecule has 0 aromatic carbocycles. The molecule has 2 atom stereocenters. The minimum absolute atomic E-state index is 0.126. The smallest absolute Gasteiger partial charge is 0.246 e. The number of carbonyl (C=O) groups excluding carboxylic acids is 2. The molecule has 0 saturated carbocycles. The second-order valence-corrected chi connectivity index (χ2v) is 4.34. The van der Waals surface area contributed by atoms with Crippen molar-refractivity contribution in [1.29, 1.82) is 0 Å². The van der Waals surface area contributed by atoms with Gasteiger partial charge in [-0.15, -0.1) is 0 Å². The van der Waals surface area contributed by atoms with E-state index in [9.17, 15) is 9.59 Å². The summed E-state index contributed by atoms with van der Waals surface area (Å²) in [6.45, 7) is 5.15. The molecule has 0 spiro atoms. The minimum atomic E-state index is -0.267. The van der Waals surface area contributed by atoms with E-state index in [1.807, 2.05) is 13.8 Å². The van der Waals surface area contributed by atoms with Crippen LogP contribution < -0.4 is 0 Å². The van der Waals surface area contributed by atoms with E-state index in [-0.39, 0.29) is 23.9 Å². The molecule has 2 rings (SSSR count). The van der Waals surface area contributed by atoms with Gasteiger partial charge in [0.15, 0.2) is 0 Å². The summed E-state index contributed by atoms with van der Waals surface area (Å²) in [6, 6.07) is -0.431. The van der Waals surface area contributed by atoms with Crippen molar-refractivity contribution in [2.75, 3.05) is 13.1 Å². The van der Waals surface area contributed by atoms with Crippen LogP contribution >= 0.6 is 0 Å². The van der Waals surface area contributed by atoms with E-state index in [1.54, 1.807) is 9.80 Å². The number of likely N-dealkylation sites (N-methyl/N-ethyl adjacent to an activating group) is 1. The second-order valence-electron chi connectivity index (χ2n) is 4.34. The monoisotopic (exact) mass is 210 g/mol. The van der Waals surface area contributed by atoms with Crippen molar-refractivity contribution in [2.45, 2.75) is 45.2 Å². The minimum Gasteiger partial charge on any atom is -0.329 e. The van der Waals surface area contributed by atoms with Gasteiger partial charge in [-0.05, 0) is 33.1 Å². The molecule has 2 fully saturated rings. The quantitative estimate of drug-likeness (QED) is 0.636. The highest BCUT2D eigenvalue weighted by Crippen LogP contribution is 2.25. The molecule has 0 N–H and O–H groups in total. The summed E-state index contributed by atoms with van der Waals surface area (Å²) in [7, 11) is 0. The maximum absolute atomic E-state index is 12.1. The molecule has 2 saturated heterocycles. The van der Waals surface area contributed by atoms with Gasteiger partial charge in [0.25, 0.3) is 0 Å². The number of nitrogens with zero attached hydrogens (tertiary/aromatic N) is 2. The molecule has 15 heavy (non-hydrogen) atoms. The van der Waals surface area contributed by atoms with Gasteiger partial charge in [0, 0.05) is 13.1 Å². The predicted octanol–water partition coefficient (Wildman–Crippen LogP) is 0.618. The number of carbonyl (C=O) groups is 2. The lowest BCUT2D eigenvalue weighted by molar-refractivity contribution is -0.162. The molecule has 2 amide bonds. The Morgan fingerprint density at radius 1 is 1.27 bits per heavy atom. The van der Waals surface area contributed by atoms with Crippen LogP contribution in [0.2, 0.25) is 0 Å². The zero-order chi connectivity index (χ0) is 11.0. The Hall–Kier alpha value is -1.06. The predicted molar refractivity (Wildman–Crippen MR) is 56.2 cm³/mol. The van der Waals surface area contributed by atoms with Gasteiger partial charge in [-0.2, -0.15) is 0 Å². The van der Waals surface area contributed by atoms with E-state index >= 15 is 0 Å². The zero-order valence-corrected chi connectivity index (χ0v) is 9.40. The third-order valence-corrected chi connectivity index (χ3v) is 3.52. The number of piperazine rings is 1. The van der Waals surface area contributed by atoms with Crippen LogP contribution in [-0.4, -0.2) is 46.8 Å². The van der Waals surface area contributed by atoms with Gasteiger partial charge < -0.3 is 9.80 Å². The Kier molecular flexibility index (Phi) is 2.67. The Bertz CT molecular complexity index is 290. The largest absolute Gasteiger partial charge is 0.329 e. The molecule has 2 aliphatic heterocycles. The van der Waals surface area contributed by atoms with Crippen LogP contribution in [0.5, 0.6) is 0 Å². The first-order valence-corrected chi connectivity index (χ1v) is 5.77. The van der Waals surface area contributed by atoms with Gasteiger partial charge in [-0.1, -0.05) is 0 Å². The molecular weight excluding hydrogens is 192 g/mol. The Morgan fingerprint density at radius 2 is 2.00 bits per heavy atom. The third kappa shape index (κ3) is 1.52. The Balaban J connectivity index is 2.25. The van der Waals surface area contributed by atoms with Gasteiger partial charge in [-0.25, -0.2) is 0 Å². The van der Waals surface area contributed by atoms with Gasteiger partial charge in [0.2, 0.25) is 11.8 Å². The van der Waals surface area contributed by atoms with Crippen LogP contribution in [0.4, 0.5) is 0 Å². The zero-order valence-electron chi connectivity index (χ0n) is 9.40. The molecule has 0 aliphatic carbocycles. The van der Waals surface area contributed by atoms with E-state index in [0.29, 0.717) is 6.54 Å². The highest BCUT2D eigenvalue weighted by molar-refractivity contribution is 5.96. The molecule has 84 valence electrons. The van der Waals surface area contributed by atoms with Crippen molar-refractivity contribution in [1.82, 2.24) is 9.80 Å². The summed E-state index contributed by atoms with van der Waals surface area (Å²) >= 11 is 0. The summed E-state index contributed by atoms with van der Waals surface area (Å²) < 4.78 is 0. The summed E-state index contributed by atoms with van der Waals surface area (Å²) in [5.74, 6) is 0.269. The fourth-order valence-corrected chi connectivity index (χ4v) is 2.64. The van der Waals surface area contributed by atoms with Crippen LogP contribution in [0.15, 0.2) is 0 Å². The number of hydrogen-bond acceptors (Lipinski definition) is 2. The molecule has 0 bridgehead atoms. The second kappa shape index (κ2) is 3.83. The number of hydrogen-bond donors (Lipinski definition) is 0. The fourth-order valence-electron chi connectivity index (χ4n) is 2.64. The van der Waals surface area contributed by atoms with Crippen molar-refractivity contribution in [3.63, 3.8) is 0 Å². The van der Waals surface area contributed by atoms with E-state index in [2.05, 4.69) is 0 Å². The van der Waals surface area contributed by atoms with Gasteiger partial charge in [-0.3, -0.25) is 9.59 Å².